The van der Waals surface area contributed by atoms with E-state index in [1.165, 1.54) is 6.07 Å². The number of benzene rings is 2. The van der Waals surface area contributed by atoms with Gasteiger partial charge in [-0.3, -0.25) is 5.84 Å². The van der Waals surface area contributed by atoms with E-state index in [0.717, 1.165) is 11.6 Å². The molecule has 3 aromatic rings. The number of pyridine rings is 1. The molecule has 0 unspecified atom stereocenters. The second kappa shape index (κ2) is 4.86. The molecule has 0 amide bonds. The van der Waals surface area contributed by atoms with Crippen molar-refractivity contribution in [3.8, 4) is 11.3 Å². The predicted octanol–water partition coefficient (Wildman–Crippen LogP) is 3.47. The van der Waals surface area contributed by atoms with E-state index in [1.807, 2.05) is 30.3 Å². The van der Waals surface area contributed by atoms with Gasteiger partial charge in [-0.05, 0) is 12.1 Å². The zero-order chi connectivity index (χ0) is 14.1. The van der Waals surface area contributed by atoms with Gasteiger partial charge in [-0.1, -0.05) is 30.3 Å². The molecule has 2 aromatic carbocycles. The fourth-order valence-corrected chi connectivity index (χ4v) is 2.13. The summed E-state index contributed by atoms with van der Waals surface area (Å²) in [5.41, 5.74) is 4.36. The molecular formula is C15H11F2N3. The molecule has 0 atom stereocenters. The summed E-state index contributed by atoms with van der Waals surface area (Å²) in [6.45, 7) is 0. The molecule has 1 aromatic heterocycles. The Bertz CT molecular complexity index is 773. The number of nitrogens with two attached hydrogens (primary N) is 1. The van der Waals surface area contributed by atoms with Crippen LogP contribution >= 0.6 is 0 Å². The van der Waals surface area contributed by atoms with E-state index in [-0.39, 0.29) is 5.52 Å². The molecule has 0 aliphatic heterocycles. The van der Waals surface area contributed by atoms with Crippen LogP contribution in [0.25, 0.3) is 22.2 Å². The van der Waals surface area contributed by atoms with Crippen LogP contribution in [0.4, 0.5) is 14.5 Å². The highest BCUT2D eigenvalue weighted by molar-refractivity contribution is 5.94. The number of hydrogen-bond acceptors (Lipinski definition) is 3. The van der Waals surface area contributed by atoms with Gasteiger partial charge in [-0.2, -0.15) is 0 Å². The van der Waals surface area contributed by atoms with Crippen LogP contribution in [-0.4, -0.2) is 4.98 Å². The Morgan fingerprint density at radius 3 is 2.45 bits per heavy atom. The van der Waals surface area contributed by atoms with Crippen LogP contribution in [0, 0.1) is 11.6 Å². The van der Waals surface area contributed by atoms with Crippen molar-refractivity contribution in [3.63, 3.8) is 0 Å². The summed E-state index contributed by atoms with van der Waals surface area (Å²) in [4.78, 5) is 4.26. The highest BCUT2D eigenvalue weighted by Gasteiger charge is 2.12. The molecule has 0 aliphatic rings. The maximum atomic E-state index is 13.9. The fraction of sp³-hybridized carbons (Fsp3) is 0. The molecule has 20 heavy (non-hydrogen) atoms. The van der Waals surface area contributed by atoms with Gasteiger partial charge in [0, 0.05) is 17.0 Å². The fourth-order valence-electron chi connectivity index (χ4n) is 2.13. The molecule has 100 valence electrons. The van der Waals surface area contributed by atoms with Gasteiger partial charge in [-0.25, -0.2) is 13.8 Å². The molecule has 5 heteroatoms. The van der Waals surface area contributed by atoms with Crippen LogP contribution in [0.2, 0.25) is 0 Å². The van der Waals surface area contributed by atoms with Gasteiger partial charge < -0.3 is 5.43 Å². The Labute approximate surface area is 114 Å². The summed E-state index contributed by atoms with van der Waals surface area (Å²) in [5.74, 6) is 4.06. The lowest BCUT2D eigenvalue weighted by molar-refractivity contribution is 0.590. The van der Waals surface area contributed by atoms with Crippen molar-refractivity contribution >= 4 is 16.6 Å². The monoisotopic (exact) mass is 271 g/mol. The first-order valence-electron chi connectivity index (χ1n) is 6.01. The van der Waals surface area contributed by atoms with E-state index in [1.54, 1.807) is 6.07 Å². The van der Waals surface area contributed by atoms with Gasteiger partial charge in [0.25, 0.3) is 0 Å². The second-order valence-corrected chi connectivity index (χ2v) is 4.35. The van der Waals surface area contributed by atoms with Crippen molar-refractivity contribution in [1.29, 1.82) is 0 Å². The standard InChI is InChI=1S/C15H11F2N3/c16-10-6-11-14(20-18)8-13(9-4-2-1-3-5-9)19-15(11)12(17)7-10/h1-8H,18H2,(H,19,20). The number of hydrazine groups is 1. The minimum absolute atomic E-state index is 0.0840. The number of halogens is 2. The lowest BCUT2D eigenvalue weighted by Gasteiger charge is -2.10. The van der Waals surface area contributed by atoms with Gasteiger partial charge in [0.15, 0.2) is 5.82 Å². The summed E-state index contributed by atoms with van der Waals surface area (Å²) in [5, 5.41) is 0.310. The van der Waals surface area contributed by atoms with Gasteiger partial charge >= 0.3 is 0 Å². The second-order valence-electron chi connectivity index (χ2n) is 4.35. The van der Waals surface area contributed by atoms with Crippen LogP contribution in [0.15, 0.2) is 48.5 Å². The number of nitrogens with zero attached hydrogens (tertiary/aromatic N) is 1. The first-order chi connectivity index (χ1) is 9.69. The third-order valence-corrected chi connectivity index (χ3v) is 3.06. The van der Waals surface area contributed by atoms with Crippen molar-refractivity contribution in [2.45, 2.75) is 0 Å². The Morgan fingerprint density at radius 1 is 1.00 bits per heavy atom. The predicted molar refractivity (Wildman–Crippen MR) is 74.9 cm³/mol. The lowest BCUT2D eigenvalue weighted by atomic mass is 10.1. The summed E-state index contributed by atoms with van der Waals surface area (Å²) in [6.07, 6.45) is 0. The van der Waals surface area contributed by atoms with Crippen molar-refractivity contribution in [3.05, 3.63) is 60.2 Å². The third kappa shape index (κ3) is 2.08. The first-order valence-corrected chi connectivity index (χ1v) is 6.01. The minimum Gasteiger partial charge on any atom is -0.323 e. The van der Waals surface area contributed by atoms with Crippen molar-refractivity contribution in [2.24, 2.45) is 5.84 Å². The zero-order valence-corrected chi connectivity index (χ0v) is 10.4. The number of nitrogens with one attached hydrogen (secondary N) is 1. The molecule has 0 fully saturated rings. The molecule has 3 N–H and O–H groups in total. The molecule has 3 nitrogen and oxygen atoms in total. The van der Waals surface area contributed by atoms with Gasteiger partial charge in [0.1, 0.15) is 11.3 Å². The highest BCUT2D eigenvalue weighted by Crippen LogP contribution is 2.29. The number of rotatable bonds is 2. The van der Waals surface area contributed by atoms with Gasteiger partial charge in [0.2, 0.25) is 0 Å². The van der Waals surface area contributed by atoms with Crippen LogP contribution in [0.5, 0.6) is 0 Å². The van der Waals surface area contributed by atoms with E-state index >= 15 is 0 Å². The maximum Gasteiger partial charge on any atom is 0.152 e. The summed E-state index contributed by atoms with van der Waals surface area (Å²) < 4.78 is 27.2. The topological polar surface area (TPSA) is 50.9 Å². The number of fused-ring (bicyclic) bond motifs is 1. The Morgan fingerprint density at radius 2 is 1.75 bits per heavy atom. The lowest BCUT2D eigenvalue weighted by Crippen LogP contribution is -2.08. The van der Waals surface area contributed by atoms with Crippen LogP contribution in [0.1, 0.15) is 0 Å². The van der Waals surface area contributed by atoms with Crippen molar-refractivity contribution in [1.82, 2.24) is 4.98 Å². The third-order valence-electron chi connectivity index (χ3n) is 3.06. The number of aromatic nitrogens is 1. The Kier molecular flexibility index (Phi) is 3.04. The van der Waals surface area contributed by atoms with E-state index in [9.17, 15) is 8.78 Å². The highest BCUT2D eigenvalue weighted by atomic mass is 19.1. The largest absolute Gasteiger partial charge is 0.323 e. The number of nitrogen functional groups attached to an aromatic ring is 1. The zero-order valence-electron chi connectivity index (χ0n) is 10.4. The molecule has 0 spiro atoms. The molecule has 0 saturated heterocycles. The Hall–Kier alpha value is -2.53. The molecule has 1 heterocycles. The molecule has 0 bridgehead atoms. The van der Waals surface area contributed by atoms with Crippen molar-refractivity contribution < 1.29 is 8.78 Å². The Balaban J connectivity index is 2.32. The van der Waals surface area contributed by atoms with E-state index in [4.69, 9.17) is 5.84 Å². The molecule has 0 saturated carbocycles. The summed E-state index contributed by atoms with van der Waals surface area (Å²) >= 11 is 0. The van der Waals surface area contributed by atoms with Gasteiger partial charge in [-0.15, -0.1) is 0 Å². The summed E-state index contributed by atoms with van der Waals surface area (Å²) in [6, 6.07) is 13.0. The van der Waals surface area contributed by atoms with E-state index in [0.29, 0.717) is 16.8 Å². The average molecular weight is 271 g/mol. The first kappa shape index (κ1) is 12.5. The normalized spacial score (nSPS) is 10.8. The van der Waals surface area contributed by atoms with Crippen LogP contribution in [0.3, 0.4) is 0 Å². The van der Waals surface area contributed by atoms with Gasteiger partial charge in [0.05, 0.1) is 11.4 Å². The number of hydrogen-bond donors (Lipinski definition) is 2. The van der Waals surface area contributed by atoms with E-state index < -0.39 is 11.6 Å². The molecular weight excluding hydrogens is 260 g/mol. The molecule has 0 aliphatic carbocycles. The van der Waals surface area contributed by atoms with E-state index in [2.05, 4.69) is 10.4 Å². The summed E-state index contributed by atoms with van der Waals surface area (Å²) in [7, 11) is 0. The van der Waals surface area contributed by atoms with Crippen LogP contribution in [-0.2, 0) is 0 Å². The average Bonchev–Trinajstić information content (AvgIpc) is 2.47. The molecule has 3 rings (SSSR count). The molecule has 0 radical (unpaired) electrons. The minimum atomic E-state index is -0.714. The SMILES string of the molecule is NNc1cc(-c2ccccc2)nc2c(F)cc(F)cc12. The van der Waals surface area contributed by atoms with Crippen molar-refractivity contribution in [2.75, 3.05) is 5.43 Å². The maximum absolute atomic E-state index is 13.9. The van der Waals surface area contributed by atoms with Crippen LogP contribution < -0.4 is 11.3 Å². The number of anilines is 1. The quantitative estimate of drug-likeness (QED) is 0.554. The smallest absolute Gasteiger partial charge is 0.152 e.